The number of nitrogens with two attached hydrogens (primary N) is 1. The summed E-state index contributed by atoms with van der Waals surface area (Å²) in [5.41, 5.74) is 7.03. The van der Waals surface area contributed by atoms with Gasteiger partial charge in [0.05, 0.1) is 6.04 Å². The molecular weight excluding hydrogens is 262 g/mol. The molecule has 0 fully saturated rings. The van der Waals surface area contributed by atoms with Crippen LogP contribution in [0.1, 0.15) is 47.1 Å². The largest absolute Gasteiger partial charge is 0.488 e. The quantitative estimate of drug-likeness (QED) is 0.681. The van der Waals surface area contributed by atoms with E-state index in [0.717, 1.165) is 5.56 Å². The lowest BCUT2D eigenvalue weighted by Crippen LogP contribution is -2.49. The zero-order valence-electron chi connectivity index (χ0n) is 14.2. The maximum absolute atomic E-state index is 10.2. The van der Waals surface area contributed by atoms with E-state index in [9.17, 15) is 4.79 Å². The molecule has 0 bridgehead atoms. The van der Waals surface area contributed by atoms with Gasteiger partial charge < -0.3 is 15.3 Å². The summed E-state index contributed by atoms with van der Waals surface area (Å²) in [4.78, 5) is 10.2. The first-order chi connectivity index (χ1) is 9.51. The third-order valence-corrected chi connectivity index (χ3v) is 3.58. The third kappa shape index (κ3) is 5.50. The molecule has 0 heterocycles. The maximum Gasteiger partial charge on any atom is 0.488 e. The molecule has 2 unspecified atom stereocenters. The minimum Gasteiger partial charge on any atom is -0.339 e. The Kier molecular flexibility index (Phi) is 5.57. The number of carbonyl (C=O) groups excluding carboxylic acids is 1. The topological polar surface area (TPSA) is 56.6 Å². The van der Waals surface area contributed by atoms with Crippen molar-refractivity contribution in [3.05, 3.63) is 35.9 Å². The Bertz CT molecular complexity index is 454. The van der Waals surface area contributed by atoms with Crippen molar-refractivity contribution in [1.82, 2.24) is 0 Å². The van der Waals surface area contributed by atoms with Gasteiger partial charge in [0.2, 0.25) is 6.10 Å². The van der Waals surface area contributed by atoms with Gasteiger partial charge in [0.1, 0.15) is 5.41 Å². The second kappa shape index (κ2) is 6.61. The van der Waals surface area contributed by atoms with Crippen molar-refractivity contribution in [1.29, 1.82) is 0 Å². The van der Waals surface area contributed by atoms with Gasteiger partial charge in [-0.1, -0.05) is 51.1 Å². The molecule has 0 saturated heterocycles. The minimum absolute atomic E-state index is 0.0446. The van der Waals surface area contributed by atoms with E-state index in [2.05, 4.69) is 32.9 Å². The number of hydrogen-bond donors (Lipinski definition) is 1. The molecule has 3 N–H and O–H groups in total. The second-order valence-corrected chi connectivity index (χ2v) is 7.79. The first-order valence-electron chi connectivity index (χ1n) is 7.54. The van der Waals surface area contributed by atoms with E-state index in [0.29, 0.717) is 6.42 Å². The summed E-state index contributed by atoms with van der Waals surface area (Å²) in [5.74, 6) is 0.0446. The highest BCUT2D eigenvalue weighted by Crippen LogP contribution is 2.26. The molecule has 0 spiro atoms. The molecule has 0 aliphatic heterocycles. The molecule has 1 aromatic carbocycles. The molecule has 3 heteroatoms. The number of ether oxygens (including phenoxy) is 1. The predicted molar refractivity (Wildman–Crippen MR) is 88.8 cm³/mol. The van der Waals surface area contributed by atoms with E-state index in [1.165, 1.54) is 0 Å². The molecule has 0 aromatic heterocycles. The molecule has 0 aliphatic rings. The first-order valence-corrected chi connectivity index (χ1v) is 7.54. The van der Waals surface area contributed by atoms with E-state index in [1.54, 1.807) is 0 Å². The normalized spacial score (nSPS) is 15.4. The van der Waals surface area contributed by atoms with Crippen LogP contribution in [0.5, 0.6) is 0 Å². The van der Waals surface area contributed by atoms with Crippen molar-refractivity contribution in [2.24, 2.45) is 16.6 Å². The predicted octanol–water partition coefficient (Wildman–Crippen LogP) is 3.54. The Morgan fingerprint density at radius 1 is 1.10 bits per heavy atom. The first kappa shape index (κ1) is 17.7. The van der Waals surface area contributed by atoms with Crippen molar-refractivity contribution >= 4 is 5.97 Å². The summed E-state index contributed by atoms with van der Waals surface area (Å²) in [6, 6.07) is 9.92. The average molecular weight is 292 g/mol. The Morgan fingerprint density at radius 2 is 1.62 bits per heavy atom. The standard InChI is InChI=1S/C18H29NO2/c1-17(2,3)15(19)14(21-16(20)18(4,5)6)12-13-10-8-7-9-11-13/h7-11,14-15H,12,19H2,1-6H3/p+1. The summed E-state index contributed by atoms with van der Waals surface area (Å²) >= 11 is 0. The lowest BCUT2D eigenvalue weighted by Gasteiger charge is -2.31. The Hall–Kier alpha value is -1.35. The maximum atomic E-state index is 10.2. The lowest BCUT2D eigenvalue weighted by atomic mass is 9.82. The molecular formula is C18H30NO2+. The van der Waals surface area contributed by atoms with E-state index >= 15 is 0 Å². The molecule has 118 valence electrons. The number of esters is 1. The monoisotopic (exact) mass is 292 g/mol. The fourth-order valence-electron chi connectivity index (χ4n) is 1.97. The van der Waals surface area contributed by atoms with Gasteiger partial charge in [-0.15, -0.1) is 0 Å². The van der Waals surface area contributed by atoms with E-state index in [-0.39, 0.29) is 23.5 Å². The van der Waals surface area contributed by atoms with Crippen LogP contribution in [0.25, 0.3) is 0 Å². The van der Waals surface area contributed by atoms with E-state index in [4.69, 9.17) is 10.5 Å². The lowest BCUT2D eigenvalue weighted by molar-refractivity contribution is 0.0780. The zero-order valence-corrected chi connectivity index (χ0v) is 14.2. The Morgan fingerprint density at radius 3 is 2.05 bits per heavy atom. The number of rotatable bonds is 4. The highest BCUT2D eigenvalue weighted by molar-refractivity contribution is 5.76. The molecule has 1 rings (SSSR count). The van der Waals surface area contributed by atoms with Gasteiger partial charge in [0, 0.05) is 6.42 Å². The molecule has 0 radical (unpaired) electrons. The van der Waals surface area contributed by atoms with Crippen LogP contribution < -0.4 is 5.73 Å². The van der Waals surface area contributed by atoms with Crippen molar-refractivity contribution in [2.75, 3.05) is 0 Å². The van der Waals surface area contributed by atoms with Gasteiger partial charge >= 0.3 is 5.97 Å². The third-order valence-electron chi connectivity index (χ3n) is 3.58. The molecule has 0 aliphatic carbocycles. The summed E-state index contributed by atoms with van der Waals surface area (Å²) in [7, 11) is 0. The average Bonchev–Trinajstić information content (AvgIpc) is 2.36. The molecule has 0 amide bonds. The summed E-state index contributed by atoms with van der Waals surface area (Å²) in [6.45, 7) is 12.0. The van der Waals surface area contributed by atoms with Gasteiger partial charge in [-0.3, -0.25) is 0 Å². The van der Waals surface area contributed by atoms with Crippen LogP contribution >= 0.6 is 0 Å². The van der Waals surface area contributed by atoms with Gasteiger partial charge in [-0.25, -0.2) is 0 Å². The van der Waals surface area contributed by atoms with Crippen LogP contribution in [0.4, 0.5) is 0 Å². The summed E-state index contributed by atoms with van der Waals surface area (Å²) < 4.78 is 5.85. The molecule has 2 atom stereocenters. The van der Waals surface area contributed by atoms with Crippen molar-refractivity contribution in [3.63, 3.8) is 0 Å². The minimum atomic E-state index is -0.410. The van der Waals surface area contributed by atoms with Gasteiger partial charge in [0.25, 0.3) is 0 Å². The van der Waals surface area contributed by atoms with Crippen LogP contribution in [0.15, 0.2) is 30.3 Å². The molecule has 3 nitrogen and oxygen atoms in total. The van der Waals surface area contributed by atoms with Crippen LogP contribution in [0, 0.1) is 10.8 Å². The fourth-order valence-corrected chi connectivity index (χ4v) is 1.97. The number of benzene rings is 1. The molecule has 1 aromatic rings. The molecule has 21 heavy (non-hydrogen) atoms. The van der Waals surface area contributed by atoms with Gasteiger partial charge in [0.15, 0.2) is 0 Å². The van der Waals surface area contributed by atoms with E-state index < -0.39 is 5.41 Å². The SMILES string of the molecule is CC(C)(C)C(=[OH+])OC(Cc1ccccc1)C(N)C(C)(C)C. The molecule has 0 saturated carbocycles. The number of hydrogen-bond acceptors (Lipinski definition) is 2. The Balaban J connectivity index is 2.93. The summed E-state index contributed by atoms with van der Waals surface area (Å²) in [6.07, 6.45) is 0.422. The van der Waals surface area contributed by atoms with Crippen molar-refractivity contribution in [3.8, 4) is 0 Å². The van der Waals surface area contributed by atoms with Crippen molar-refractivity contribution in [2.45, 2.75) is 60.1 Å². The zero-order chi connectivity index (χ0) is 16.3. The van der Waals surface area contributed by atoms with Gasteiger partial charge in [-0.05, 0) is 31.7 Å². The highest BCUT2D eigenvalue weighted by Gasteiger charge is 2.40. The Labute approximate surface area is 128 Å². The second-order valence-electron chi connectivity index (χ2n) is 7.79. The van der Waals surface area contributed by atoms with Crippen LogP contribution in [0.3, 0.4) is 0 Å². The van der Waals surface area contributed by atoms with E-state index in [1.807, 2.05) is 39.0 Å². The summed E-state index contributed by atoms with van der Waals surface area (Å²) in [5, 5.41) is 0. The van der Waals surface area contributed by atoms with Crippen LogP contribution in [-0.2, 0) is 11.2 Å². The van der Waals surface area contributed by atoms with Crippen LogP contribution in [0.2, 0.25) is 0 Å². The van der Waals surface area contributed by atoms with Crippen LogP contribution in [-0.4, -0.2) is 22.9 Å². The van der Waals surface area contributed by atoms with Crippen molar-refractivity contribution < 1.29 is 9.53 Å². The smallest absolute Gasteiger partial charge is 0.339 e. The highest BCUT2D eigenvalue weighted by atomic mass is 16.5. The van der Waals surface area contributed by atoms with Gasteiger partial charge in [-0.2, -0.15) is 0 Å². The fraction of sp³-hybridized carbons (Fsp3) is 0.611.